The van der Waals surface area contributed by atoms with Crippen LogP contribution in [0.25, 0.3) is 61.1 Å². The Bertz CT molecular complexity index is 2510. The van der Waals surface area contributed by atoms with Gasteiger partial charge in [0.05, 0.1) is 5.39 Å². The van der Waals surface area contributed by atoms with Crippen molar-refractivity contribution in [2.75, 3.05) is 0 Å². The maximum absolute atomic E-state index is 10.8. The van der Waals surface area contributed by atoms with E-state index < -0.39 is 17.2 Å². The molecule has 5 aromatic carbocycles. The fourth-order valence-corrected chi connectivity index (χ4v) is 7.01. The Morgan fingerprint density at radius 1 is 0.720 bits per heavy atom. The first-order chi connectivity index (χ1) is 24.3. The number of hydrogen-bond donors (Lipinski definition) is 3. The van der Waals surface area contributed by atoms with Crippen molar-refractivity contribution < 1.29 is 19.7 Å². The highest BCUT2D eigenvalue weighted by atomic mass is 16.3. The summed E-state index contributed by atoms with van der Waals surface area (Å²) in [5.41, 5.74) is 11.2. The molecule has 0 saturated carbocycles. The number of aromatic hydroxyl groups is 3. The SMILES string of the molecule is C=C/C=C\c1c(C)c(C2=C/C/C=C/C(c3ccccc3)=C\C(C)=C\C=C/2)c2ccccc2c1-c1ccc2c(c1)oc1c(C)c(O)c(O)c(O)c12. The maximum atomic E-state index is 10.8. The molecule has 0 atom stereocenters. The van der Waals surface area contributed by atoms with Crippen LogP contribution in [-0.4, -0.2) is 15.3 Å². The Kier molecular flexibility index (Phi) is 8.61. The zero-order valence-corrected chi connectivity index (χ0v) is 28.4. The molecular weight excluding hydrogens is 617 g/mol. The third-order valence-electron chi connectivity index (χ3n) is 9.46. The van der Waals surface area contributed by atoms with Crippen LogP contribution in [0.2, 0.25) is 0 Å². The predicted molar refractivity (Wildman–Crippen MR) is 209 cm³/mol. The lowest BCUT2D eigenvalue weighted by Gasteiger charge is -2.20. The van der Waals surface area contributed by atoms with E-state index in [0.717, 1.165) is 56.2 Å². The van der Waals surface area contributed by atoms with E-state index in [1.165, 1.54) is 11.1 Å². The second kappa shape index (κ2) is 13.3. The predicted octanol–water partition coefficient (Wildman–Crippen LogP) is 12.3. The molecular formula is C46H38O4. The van der Waals surface area contributed by atoms with Crippen LogP contribution in [0, 0.1) is 13.8 Å². The van der Waals surface area contributed by atoms with Crippen LogP contribution < -0.4 is 0 Å². The Balaban J connectivity index is 1.43. The van der Waals surface area contributed by atoms with E-state index in [9.17, 15) is 15.3 Å². The monoisotopic (exact) mass is 654 g/mol. The minimum absolute atomic E-state index is 0.336. The lowest BCUT2D eigenvalue weighted by atomic mass is 9.83. The average molecular weight is 655 g/mol. The summed E-state index contributed by atoms with van der Waals surface area (Å²) < 4.78 is 6.25. The fraction of sp³-hybridized carbons (Fsp3) is 0.0870. The van der Waals surface area contributed by atoms with Crippen LogP contribution in [0.15, 0.2) is 144 Å². The van der Waals surface area contributed by atoms with Crippen molar-refractivity contribution in [1.29, 1.82) is 0 Å². The van der Waals surface area contributed by atoms with E-state index >= 15 is 0 Å². The van der Waals surface area contributed by atoms with Gasteiger partial charge in [-0.1, -0.05) is 134 Å². The number of allylic oxidation sites excluding steroid dienone is 12. The van der Waals surface area contributed by atoms with Gasteiger partial charge in [0.1, 0.15) is 11.2 Å². The van der Waals surface area contributed by atoms with Crippen LogP contribution in [-0.2, 0) is 0 Å². The van der Waals surface area contributed by atoms with E-state index in [4.69, 9.17) is 4.42 Å². The van der Waals surface area contributed by atoms with Gasteiger partial charge in [0.2, 0.25) is 5.75 Å². The lowest BCUT2D eigenvalue weighted by molar-refractivity contribution is 0.369. The molecule has 50 heavy (non-hydrogen) atoms. The van der Waals surface area contributed by atoms with E-state index in [1.807, 2.05) is 30.3 Å². The van der Waals surface area contributed by atoms with Crippen LogP contribution in [0.4, 0.5) is 0 Å². The Morgan fingerprint density at radius 2 is 1.46 bits per heavy atom. The zero-order valence-electron chi connectivity index (χ0n) is 28.4. The van der Waals surface area contributed by atoms with Crippen LogP contribution >= 0.6 is 0 Å². The van der Waals surface area contributed by atoms with Crippen LogP contribution in [0.1, 0.15) is 41.2 Å². The summed E-state index contributed by atoms with van der Waals surface area (Å²) in [4.78, 5) is 0. The molecule has 1 aliphatic rings. The lowest BCUT2D eigenvalue weighted by Crippen LogP contribution is -1.98. The molecule has 0 amide bonds. The number of benzene rings is 5. The van der Waals surface area contributed by atoms with Gasteiger partial charge >= 0.3 is 0 Å². The minimum atomic E-state index is -0.551. The molecule has 0 saturated heterocycles. The highest BCUT2D eigenvalue weighted by molar-refractivity contribution is 6.14. The van der Waals surface area contributed by atoms with Gasteiger partial charge in [0, 0.05) is 10.9 Å². The number of phenolic OH excluding ortho intramolecular Hbond substituents is 3. The Labute approximate surface area is 292 Å². The highest BCUT2D eigenvalue weighted by Crippen LogP contribution is 2.49. The number of fused-ring (bicyclic) bond motifs is 4. The molecule has 0 spiro atoms. The van der Waals surface area contributed by atoms with E-state index in [1.54, 1.807) is 13.0 Å². The van der Waals surface area contributed by atoms with Crippen LogP contribution in [0.5, 0.6) is 17.2 Å². The molecule has 0 unspecified atom stereocenters. The van der Waals surface area contributed by atoms with Crippen LogP contribution in [0.3, 0.4) is 0 Å². The molecule has 3 N–H and O–H groups in total. The smallest absolute Gasteiger partial charge is 0.201 e. The van der Waals surface area contributed by atoms with Gasteiger partial charge in [-0.25, -0.2) is 0 Å². The summed E-state index contributed by atoms with van der Waals surface area (Å²) in [5.74, 6) is -1.34. The molecule has 0 fully saturated rings. The maximum Gasteiger partial charge on any atom is 0.201 e. The highest BCUT2D eigenvalue weighted by Gasteiger charge is 2.23. The summed E-state index contributed by atoms with van der Waals surface area (Å²) in [5, 5.41) is 34.8. The summed E-state index contributed by atoms with van der Waals surface area (Å²) in [6.07, 6.45) is 22.0. The number of phenols is 3. The molecule has 4 nitrogen and oxygen atoms in total. The third kappa shape index (κ3) is 5.65. The normalized spacial score (nSPS) is 18.3. The Morgan fingerprint density at radius 3 is 2.22 bits per heavy atom. The fourth-order valence-electron chi connectivity index (χ4n) is 7.01. The van der Waals surface area contributed by atoms with Crippen molar-refractivity contribution in [2.45, 2.75) is 27.2 Å². The van der Waals surface area contributed by atoms with Crippen molar-refractivity contribution >= 4 is 49.9 Å². The van der Waals surface area contributed by atoms with Gasteiger partial charge in [-0.2, -0.15) is 0 Å². The molecule has 0 bridgehead atoms. The quantitative estimate of drug-likeness (QED) is 0.128. The molecule has 7 rings (SSSR count). The van der Waals surface area contributed by atoms with E-state index in [2.05, 4.69) is 118 Å². The average Bonchev–Trinajstić information content (AvgIpc) is 3.50. The second-order valence-corrected chi connectivity index (χ2v) is 12.7. The standard InChI is InChI=1S/C46H38O4/c1-5-6-21-35-29(3)40(32-18-10-11-19-33(26-28(2)15-14-20-32)31-16-8-7-9-17-31)36-22-12-13-23-37(36)41(35)34-24-25-38-39(27-34)50-46-30(4)43(47)45(49)44(48)42(38)46/h5-9,11-27,47-49H,1,10H2,2-4H3/b19-11+,20-14-,21-6-,28-15+,32-18-,33-26+. The molecule has 1 aliphatic carbocycles. The second-order valence-electron chi connectivity index (χ2n) is 12.7. The molecule has 1 heterocycles. The first-order valence-corrected chi connectivity index (χ1v) is 16.7. The third-order valence-corrected chi connectivity index (χ3v) is 9.46. The van der Waals surface area contributed by atoms with Gasteiger partial charge in [-0.3, -0.25) is 0 Å². The van der Waals surface area contributed by atoms with Gasteiger partial charge in [0.25, 0.3) is 0 Å². The molecule has 1 aromatic heterocycles. The van der Waals surface area contributed by atoms with Crippen molar-refractivity contribution in [3.05, 3.63) is 167 Å². The summed E-state index contributed by atoms with van der Waals surface area (Å²) >= 11 is 0. The summed E-state index contributed by atoms with van der Waals surface area (Å²) in [7, 11) is 0. The number of hydrogen-bond acceptors (Lipinski definition) is 4. The molecule has 246 valence electrons. The molecule has 6 aromatic rings. The van der Waals surface area contributed by atoms with Gasteiger partial charge in [-0.05, 0) is 94.6 Å². The Hall–Kier alpha value is -6.26. The number of rotatable bonds is 5. The first-order valence-electron chi connectivity index (χ1n) is 16.7. The molecule has 0 radical (unpaired) electrons. The minimum Gasteiger partial charge on any atom is -0.504 e. The molecule has 4 heteroatoms. The van der Waals surface area contributed by atoms with Crippen molar-refractivity contribution in [3.8, 4) is 28.4 Å². The van der Waals surface area contributed by atoms with E-state index in [-0.39, 0.29) is 0 Å². The number of furan rings is 1. The van der Waals surface area contributed by atoms with Crippen molar-refractivity contribution in [1.82, 2.24) is 0 Å². The number of aryl methyl sites for hydroxylation is 1. The molecule has 0 aliphatic heterocycles. The largest absolute Gasteiger partial charge is 0.504 e. The zero-order chi connectivity index (χ0) is 34.9. The van der Waals surface area contributed by atoms with Gasteiger partial charge < -0.3 is 19.7 Å². The van der Waals surface area contributed by atoms with Gasteiger partial charge in [0.15, 0.2) is 11.5 Å². The van der Waals surface area contributed by atoms with Crippen molar-refractivity contribution in [3.63, 3.8) is 0 Å². The first kappa shape index (κ1) is 32.3. The van der Waals surface area contributed by atoms with Gasteiger partial charge in [-0.15, -0.1) is 0 Å². The van der Waals surface area contributed by atoms with Crippen molar-refractivity contribution in [2.24, 2.45) is 0 Å². The summed E-state index contributed by atoms with van der Waals surface area (Å²) in [6.45, 7) is 9.91. The summed E-state index contributed by atoms with van der Waals surface area (Å²) in [6, 6.07) is 24.8. The topological polar surface area (TPSA) is 73.8 Å². The van der Waals surface area contributed by atoms with E-state index in [0.29, 0.717) is 27.5 Å².